The molecule has 3 aliphatic heterocycles. The van der Waals surface area contributed by atoms with Crippen molar-refractivity contribution in [3.05, 3.63) is 0 Å². The van der Waals surface area contributed by atoms with E-state index in [0.717, 1.165) is 25.0 Å². The molecule has 3 fully saturated rings. The maximum atomic E-state index is 13.8. The molecule has 7 atom stereocenters. The van der Waals surface area contributed by atoms with Gasteiger partial charge in [-0.3, -0.25) is 43.6 Å². The summed E-state index contributed by atoms with van der Waals surface area (Å²) in [7, 11) is 0. The molecule has 13 N–H and O–H groups in total. The maximum Gasteiger partial charge on any atom is 0.315 e. The Labute approximate surface area is 361 Å². The summed E-state index contributed by atoms with van der Waals surface area (Å²) < 4.78 is 0. The first kappa shape index (κ1) is 50.7. The number of primary amides is 1. The number of urea groups is 1. The standard InChI is InChI=1S/C39H67N11O10S/c1-23(2)18-24(19-31(52)49-60)36(56)46-26(11-5-7-15-40)38(58)50-17-9-12-28(50)37(57)44-20-32(53)43-21-33(54)45-25(35(41)55)10-6-8-16-42-30(51)14-4-3-13-29-34-27(22-61-29)47-39(59)48-34/h23-29,34,60H,3-22,40H2,1-2H3,(H2,41,55)(H,42,51)(H,43,53)(H,44,57)(H,45,54)(H,46,56)(H,49,52)(H2,47,48,59)/t24?,25-,26-,27-,28-,29-,34-/m0/s1. The van der Waals surface area contributed by atoms with Gasteiger partial charge in [0.05, 0.1) is 25.2 Å². The molecule has 0 aromatic carbocycles. The Morgan fingerprint density at radius 2 is 1.57 bits per heavy atom. The summed E-state index contributed by atoms with van der Waals surface area (Å²) >= 11 is 1.84. The van der Waals surface area contributed by atoms with E-state index in [9.17, 15) is 43.2 Å². The molecule has 3 heterocycles. The third kappa shape index (κ3) is 17.7. The van der Waals surface area contributed by atoms with Gasteiger partial charge in [-0.25, -0.2) is 10.3 Å². The van der Waals surface area contributed by atoms with Gasteiger partial charge in [-0.2, -0.15) is 11.8 Å². The second-order valence-electron chi connectivity index (χ2n) is 16.3. The van der Waals surface area contributed by atoms with E-state index >= 15 is 0 Å². The van der Waals surface area contributed by atoms with Crippen molar-refractivity contribution < 1.29 is 48.4 Å². The largest absolute Gasteiger partial charge is 0.368 e. The molecular weight excluding hydrogens is 815 g/mol. The number of rotatable bonds is 28. The lowest BCUT2D eigenvalue weighted by molar-refractivity contribution is -0.143. The highest BCUT2D eigenvalue weighted by molar-refractivity contribution is 8.00. The van der Waals surface area contributed by atoms with Crippen LogP contribution in [0.15, 0.2) is 0 Å². The van der Waals surface area contributed by atoms with E-state index in [4.69, 9.17) is 16.7 Å². The topological polar surface area (TPSA) is 325 Å². The van der Waals surface area contributed by atoms with Crippen molar-refractivity contribution in [3.63, 3.8) is 0 Å². The molecule has 0 aliphatic carbocycles. The molecule has 0 spiro atoms. The summed E-state index contributed by atoms with van der Waals surface area (Å²) in [4.78, 5) is 115. The lowest BCUT2D eigenvalue weighted by Gasteiger charge is -2.30. The van der Waals surface area contributed by atoms with E-state index in [2.05, 4.69) is 37.2 Å². The lowest BCUT2D eigenvalue weighted by Crippen LogP contribution is -2.55. The van der Waals surface area contributed by atoms with Crippen LogP contribution >= 0.6 is 11.8 Å². The van der Waals surface area contributed by atoms with Gasteiger partial charge in [0.1, 0.15) is 18.1 Å². The van der Waals surface area contributed by atoms with Crippen LogP contribution in [0.25, 0.3) is 0 Å². The van der Waals surface area contributed by atoms with Gasteiger partial charge in [-0.15, -0.1) is 0 Å². The molecule has 344 valence electrons. The maximum absolute atomic E-state index is 13.8. The quantitative estimate of drug-likeness (QED) is 0.0183. The smallest absolute Gasteiger partial charge is 0.315 e. The number of hydrogen-bond donors (Lipinski definition) is 11. The normalized spacial score (nSPS) is 20.7. The lowest BCUT2D eigenvalue weighted by atomic mass is 9.92. The number of likely N-dealkylation sites (tertiary alicyclic amines) is 1. The minimum atomic E-state index is -0.997. The van der Waals surface area contributed by atoms with Crippen molar-refractivity contribution in [1.82, 2.24) is 47.6 Å². The van der Waals surface area contributed by atoms with Gasteiger partial charge >= 0.3 is 6.03 Å². The molecule has 0 saturated carbocycles. The molecule has 61 heavy (non-hydrogen) atoms. The Morgan fingerprint density at radius 3 is 2.28 bits per heavy atom. The number of carbonyl (C=O) groups is 9. The van der Waals surface area contributed by atoms with Crippen molar-refractivity contribution >= 4 is 65.1 Å². The fourth-order valence-electron chi connectivity index (χ4n) is 7.79. The summed E-state index contributed by atoms with van der Waals surface area (Å²) in [5.74, 6) is -4.37. The zero-order valence-corrected chi connectivity index (χ0v) is 36.2. The summed E-state index contributed by atoms with van der Waals surface area (Å²) in [5, 5.41) is 28.3. The second-order valence-corrected chi connectivity index (χ2v) is 17.6. The van der Waals surface area contributed by atoms with Crippen LogP contribution in [0.3, 0.4) is 0 Å². The number of nitrogens with two attached hydrogens (primary N) is 2. The molecule has 0 bridgehead atoms. The number of unbranched alkanes of at least 4 members (excludes halogenated alkanes) is 3. The van der Waals surface area contributed by atoms with Crippen LogP contribution in [0.2, 0.25) is 0 Å². The molecule has 21 nitrogen and oxygen atoms in total. The van der Waals surface area contributed by atoms with Crippen LogP contribution in [-0.2, 0) is 38.4 Å². The van der Waals surface area contributed by atoms with Gasteiger partial charge in [-0.05, 0) is 83.1 Å². The van der Waals surface area contributed by atoms with Crippen LogP contribution in [0.5, 0.6) is 0 Å². The molecule has 3 saturated heterocycles. The van der Waals surface area contributed by atoms with Crippen molar-refractivity contribution in [2.24, 2.45) is 23.3 Å². The number of thioether (sulfide) groups is 1. The number of carbonyl (C=O) groups excluding carboxylic acids is 9. The number of hydroxylamine groups is 1. The Hall–Kier alpha value is -4.70. The summed E-state index contributed by atoms with van der Waals surface area (Å²) in [5.41, 5.74) is 12.7. The van der Waals surface area contributed by atoms with E-state index in [1.54, 1.807) is 5.48 Å². The third-order valence-electron chi connectivity index (χ3n) is 11.0. The van der Waals surface area contributed by atoms with Gasteiger partial charge in [0.15, 0.2) is 0 Å². The average Bonchev–Trinajstić information content (AvgIpc) is 3.95. The molecule has 0 radical (unpaired) electrons. The molecule has 3 rings (SSSR count). The Kier molecular flexibility index (Phi) is 22.1. The molecule has 0 aromatic rings. The minimum Gasteiger partial charge on any atom is -0.368 e. The minimum absolute atomic E-state index is 0.0442. The molecule has 0 aromatic heterocycles. The van der Waals surface area contributed by atoms with Gasteiger partial charge in [0, 0.05) is 42.9 Å². The SMILES string of the molecule is CC(C)CC(CC(=O)NO)C(=O)N[C@@H](CCCCN)C(=O)N1CCC[C@H]1C(=O)NCC(=O)NCC(=O)N[C@@H](CCCCNC(=O)CCCC[C@@H]1SC[C@@H]2NC(=O)N[C@@H]21)C(N)=O. The van der Waals surface area contributed by atoms with E-state index in [1.165, 1.54) is 4.90 Å². The monoisotopic (exact) mass is 881 g/mol. The summed E-state index contributed by atoms with van der Waals surface area (Å²) in [6.45, 7) is 3.79. The van der Waals surface area contributed by atoms with Gasteiger partial charge in [0.2, 0.25) is 47.3 Å². The van der Waals surface area contributed by atoms with Crippen LogP contribution in [0, 0.1) is 11.8 Å². The zero-order chi connectivity index (χ0) is 44.9. The Balaban J connectivity index is 1.35. The van der Waals surface area contributed by atoms with Crippen molar-refractivity contribution in [1.29, 1.82) is 0 Å². The number of amides is 10. The predicted octanol–water partition coefficient (Wildman–Crippen LogP) is -1.64. The Bertz CT molecular complexity index is 1540. The summed E-state index contributed by atoms with van der Waals surface area (Å²) in [6.07, 6.45) is 6.42. The first-order valence-electron chi connectivity index (χ1n) is 21.5. The fourth-order valence-corrected chi connectivity index (χ4v) is 9.33. The van der Waals surface area contributed by atoms with E-state index in [1.807, 2.05) is 25.6 Å². The molecule has 1 unspecified atom stereocenters. The number of hydrogen-bond acceptors (Lipinski definition) is 12. The Morgan fingerprint density at radius 1 is 0.852 bits per heavy atom. The van der Waals surface area contributed by atoms with Crippen LogP contribution in [0.4, 0.5) is 4.79 Å². The molecule has 10 amide bonds. The number of nitrogens with one attached hydrogen (secondary N) is 8. The average molecular weight is 882 g/mol. The second kappa shape index (κ2) is 26.6. The highest BCUT2D eigenvalue weighted by Crippen LogP contribution is 2.33. The van der Waals surface area contributed by atoms with Crippen molar-refractivity contribution in [3.8, 4) is 0 Å². The summed E-state index contributed by atoms with van der Waals surface area (Å²) in [6, 6.07) is -2.71. The van der Waals surface area contributed by atoms with Gasteiger partial charge in [0.25, 0.3) is 0 Å². The van der Waals surface area contributed by atoms with E-state index in [0.29, 0.717) is 69.7 Å². The van der Waals surface area contributed by atoms with Crippen molar-refractivity contribution in [2.75, 3.05) is 38.5 Å². The highest BCUT2D eigenvalue weighted by Gasteiger charge is 2.42. The highest BCUT2D eigenvalue weighted by atomic mass is 32.2. The first-order chi connectivity index (χ1) is 29.1. The van der Waals surface area contributed by atoms with Crippen LogP contribution in [-0.4, -0.2) is 137 Å². The predicted molar refractivity (Wildman–Crippen MR) is 225 cm³/mol. The van der Waals surface area contributed by atoms with Crippen LogP contribution < -0.4 is 54.2 Å². The number of nitrogens with zero attached hydrogens (tertiary/aromatic N) is 1. The van der Waals surface area contributed by atoms with Gasteiger partial charge < -0.3 is 53.6 Å². The van der Waals surface area contributed by atoms with Crippen LogP contribution in [0.1, 0.15) is 104 Å². The van der Waals surface area contributed by atoms with Gasteiger partial charge in [-0.1, -0.05) is 20.3 Å². The van der Waals surface area contributed by atoms with E-state index < -0.39 is 78.5 Å². The third-order valence-corrected chi connectivity index (χ3v) is 12.5. The van der Waals surface area contributed by atoms with Crippen molar-refractivity contribution in [2.45, 2.75) is 139 Å². The number of fused-ring (bicyclic) bond motifs is 1. The zero-order valence-electron chi connectivity index (χ0n) is 35.4. The molecular formula is C39H67N11O10S. The molecule has 3 aliphatic rings. The molecule has 22 heteroatoms. The first-order valence-corrected chi connectivity index (χ1v) is 22.5. The fraction of sp³-hybridized carbons (Fsp3) is 0.769. The van der Waals surface area contributed by atoms with E-state index in [-0.39, 0.29) is 55.7 Å².